The van der Waals surface area contributed by atoms with Crippen LogP contribution in [0.25, 0.3) is 0 Å². The number of nitrogens with zero attached hydrogens (tertiary/aromatic N) is 1. The van der Waals surface area contributed by atoms with Crippen LogP contribution in [0.3, 0.4) is 0 Å². The fourth-order valence-corrected chi connectivity index (χ4v) is 5.49. The van der Waals surface area contributed by atoms with Crippen LogP contribution in [0.1, 0.15) is 26.3 Å². The van der Waals surface area contributed by atoms with E-state index in [-0.39, 0.29) is 23.3 Å². The smallest absolute Gasteiger partial charge is 0.477 e. The molecule has 1 fully saturated rings. The molecule has 200 valence electrons. The summed E-state index contributed by atoms with van der Waals surface area (Å²) in [7, 11) is -2.60. The van der Waals surface area contributed by atoms with Crippen LogP contribution in [0, 0.1) is 6.92 Å². The zero-order valence-electron chi connectivity index (χ0n) is 20.4. The lowest BCUT2D eigenvalue weighted by Crippen LogP contribution is -2.69. The molecule has 0 aliphatic carbocycles. The van der Waals surface area contributed by atoms with E-state index in [2.05, 4.69) is 0 Å². The molecular formula is C22H30N2O10S2. The lowest BCUT2D eigenvalue weighted by Gasteiger charge is -2.50. The van der Waals surface area contributed by atoms with Gasteiger partial charge < -0.3 is 25.1 Å². The minimum Gasteiger partial charge on any atom is -0.477 e. The highest BCUT2D eigenvalue weighted by molar-refractivity contribution is 8.01. The van der Waals surface area contributed by atoms with Crippen molar-refractivity contribution in [2.24, 2.45) is 5.73 Å². The molecule has 4 N–H and O–H groups in total. The summed E-state index contributed by atoms with van der Waals surface area (Å²) in [6, 6.07) is 5.20. The first-order valence-corrected chi connectivity index (χ1v) is 13.2. The first-order chi connectivity index (χ1) is 16.7. The van der Waals surface area contributed by atoms with E-state index in [4.69, 9.17) is 24.5 Å². The summed E-state index contributed by atoms with van der Waals surface area (Å²) in [6.45, 7) is 6.84. The molecule has 2 aliphatic rings. The van der Waals surface area contributed by atoms with Gasteiger partial charge >= 0.3 is 12.1 Å². The van der Waals surface area contributed by atoms with Gasteiger partial charge in [-0.3, -0.25) is 14.2 Å². The summed E-state index contributed by atoms with van der Waals surface area (Å²) in [5.74, 6) is -1.70. The maximum Gasteiger partial charge on any atom is 0.508 e. The number of aryl methyl sites for hydroxylation is 1. The zero-order chi connectivity index (χ0) is 27.4. The predicted octanol–water partition coefficient (Wildman–Crippen LogP) is 1.77. The molecule has 0 saturated carbocycles. The Kier molecular flexibility index (Phi) is 9.91. The van der Waals surface area contributed by atoms with Crippen LogP contribution in [-0.2, 0) is 33.9 Å². The van der Waals surface area contributed by atoms with E-state index in [9.17, 15) is 27.9 Å². The fraction of sp³-hybridized carbons (Fsp3) is 0.500. The number of ether oxygens (including phenoxy) is 3. The summed E-state index contributed by atoms with van der Waals surface area (Å²) < 4.78 is 44.9. The summed E-state index contributed by atoms with van der Waals surface area (Å²) in [4.78, 5) is 36.6. The van der Waals surface area contributed by atoms with Crippen molar-refractivity contribution in [2.75, 3.05) is 13.7 Å². The Bertz CT molecular complexity index is 1120. The number of rotatable bonds is 7. The molecule has 1 saturated heterocycles. The molecule has 1 amide bonds. The molecule has 2 heterocycles. The number of carbonyl (C=O) groups excluding carboxylic acids is 2. The summed E-state index contributed by atoms with van der Waals surface area (Å²) in [5, 5.41) is 8.53. The first kappa shape index (κ1) is 29.6. The van der Waals surface area contributed by atoms with Gasteiger partial charge in [0.25, 0.3) is 10.1 Å². The first-order valence-electron chi connectivity index (χ1n) is 10.8. The summed E-state index contributed by atoms with van der Waals surface area (Å²) in [5.41, 5.74) is 6.96. The Labute approximate surface area is 213 Å². The average molecular weight is 547 g/mol. The van der Waals surface area contributed by atoms with Gasteiger partial charge in [0.15, 0.2) is 0 Å². The molecule has 12 nitrogen and oxygen atoms in total. The molecule has 1 aromatic rings. The quantitative estimate of drug-likeness (QED) is 0.256. The maximum atomic E-state index is 12.0. The number of thioether (sulfide) groups is 1. The Hall–Kier alpha value is -2.65. The van der Waals surface area contributed by atoms with E-state index in [1.807, 2.05) is 6.92 Å². The minimum atomic E-state index is -4.02. The molecule has 36 heavy (non-hydrogen) atoms. The molecular weight excluding hydrogens is 516 g/mol. The monoisotopic (exact) mass is 546 g/mol. The number of carbonyl (C=O) groups is 3. The van der Waals surface area contributed by atoms with Crippen molar-refractivity contribution in [3.05, 3.63) is 41.1 Å². The Morgan fingerprint density at radius 3 is 2.22 bits per heavy atom. The number of benzene rings is 1. The standard InChI is InChI=1S/C15H22N2O7S.C7H8O3S/c1-6(2)23-15(21)24-7(3)11-8(5-22-4)10(14(19)20)17-12(18)9(16)13(17)25-11;1-6-2-4-7(5-3-6)11(8,9)10/h6-7,9,11,13H,5,16H2,1-4H3,(H,19,20);2-5H,1H3,(H,8,9,10)/t7?,9-,11?,13-;/m1./s1. The molecule has 0 radical (unpaired) electrons. The number of β-lactam (4-membered cyclic amide) rings is 1. The van der Waals surface area contributed by atoms with Crippen molar-refractivity contribution in [3.8, 4) is 0 Å². The second-order valence-corrected chi connectivity index (χ2v) is 11.0. The second-order valence-electron chi connectivity index (χ2n) is 8.32. The Balaban J connectivity index is 0.000000346. The summed E-state index contributed by atoms with van der Waals surface area (Å²) in [6.07, 6.45) is -1.87. The van der Waals surface area contributed by atoms with Crippen molar-refractivity contribution in [1.82, 2.24) is 4.90 Å². The van der Waals surface area contributed by atoms with Crippen molar-refractivity contribution >= 4 is 39.9 Å². The van der Waals surface area contributed by atoms with Gasteiger partial charge in [-0.1, -0.05) is 17.7 Å². The van der Waals surface area contributed by atoms with Crippen molar-refractivity contribution in [2.45, 2.75) is 61.5 Å². The molecule has 2 unspecified atom stereocenters. The van der Waals surface area contributed by atoms with Gasteiger partial charge in [-0.05, 0) is 39.8 Å². The van der Waals surface area contributed by atoms with E-state index in [0.717, 1.165) is 5.56 Å². The zero-order valence-corrected chi connectivity index (χ0v) is 22.0. The van der Waals surface area contributed by atoms with E-state index in [0.29, 0.717) is 5.57 Å². The van der Waals surface area contributed by atoms with Gasteiger partial charge in [0.05, 0.1) is 22.9 Å². The van der Waals surface area contributed by atoms with E-state index >= 15 is 0 Å². The Morgan fingerprint density at radius 1 is 1.17 bits per heavy atom. The van der Waals surface area contributed by atoms with Crippen LogP contribution in [0.4, 0.5) is 4.79 Å². The molecule has 1 aromatic carbocycles. The molecule has 4 atom stereocenters. The van der Waals surface area contributed by atoms with Crippen LogP contribution in [0.2, 0.25) is 0 Å². The lowest BCUT2D eigenvalue weighted by molar-refractivity contribution is -0.148. The van der Waals surface area contributed by atoms with E-state index in [1.54, 1.807) is 32.9 Å². The Morgan fingerprint density at radius 2 is 1.75 bits per heavy atom. The van der Waals surface area contributed by atoms with Gasteiger partial charge in [-0.2, -0.15) is 8.42 Å². The number of methoxy groups -OCH3 is 1. The maximum absolute atomic E-state index is 12.0. The van der Waals surface area contributed by atoms with Gasteiger partial charge in [0.2, 0.25) is 5.91 Å². The normalized spacial score (nSPS) is 22.2. The topological polar surface area (TPSA) is 183 Å². The largest absolute Gasteiger partial charge is 0.508 e. The third kappa shape index (κ3) is 6.97. The van der Waals surface area contributed by atoms with Gasteiger partial charge in [-0.15, -0.1) is 11.8 Å². The van der Waals surface area contributed by atoms with Crippen LogP contribution in [0.15, 0.2) is 40.4 Å². The van der Waals surface area contributed by atoms with Crippen LogP contribution in [0.5, 0.6) is 0 Å². The molecule has 14 heteroatoms. The number of fused-ring (bicyclic) bond motifs is 1. The number of carboxylic acid groups (broad SMARTS) is 1. The highest BCUT2D eigenvalue weighted by atomic mass is 32.2. The van der Waals surface area contributed by atoms with Gasteiger partial charge in [0.1, 0.15) is 23.2 Å². The predicted molar refractivity (Wildman–Crippen MR) is 130 cm³/mol. The van der Waals surface area contributed by atoms with Crippen molar-refractivity contribution < 1.29 is 46.7 Å². The number of hydrogen-bond donors (Lipinski definition) is 3. The second kappa shape index (κ2) is 12.1. The third-order valence-electron chi connectivity index (χ3n) is 5.12. The fourth-order valence-electron chi connectivity index (χ4n) is 3.48. The molecule has 0 spiro atoms. The third-order valence-corrected chi connectivity index (χ3v) is 7.73. The number of hydrogen-bond acceptors (Lipinski definition) is 10. The van der Waals surface area contributed by atoms with Crippen LogP contribution >= 0.6 is 11.8 Å². The number of aliphatic carboxylic acids is 1. The number of carboxylic acids is 1. The highest BCUT2D eigenvalue weighted by Crippen LogP contribution is 2.45. The summed E-state index contributed by atoms with van der Waals surface area (Å²) >= 11 is 1.28. The molecule has 3 rings (SSSR count). The minimum absolute atomic E-state index is 0.0159. The molecule has 2 aliphatic heterocycles. The number of nitrogens with two attached hydrogens (primary N) is 1. The molecule has 0 aromatic heterocycles. The van der Waals surface area contributed by atoms with Crippen LogP contribution in [-0.4, -0.2) is 83.6 Å². The SMILES string of the molecule is COCC1=C(C(=O)O)N2C(=O)[C@@H](N)[C@H]2SC1C(C)OC(=O)OC(C)C.Cc1ccc(S(=O)(=O)O)cc1. The van der Waals surface area contributed by atoms with Gasteiger partial charge in [0, 0.05) is 12.7 Å². The van der Waals surface area contributed by atoms with Gasteiger partial charge in [-0.25, -0.2) is 9.59 Å². The van der Waals surface area contributed by atoms with Crippen molar-refractivity contribution in [1.29, 1.82) is 0 Å². The number of amides is 1. The molecule has 0 bridgehead atoms. The van der Waals surface area contributed by atoms with Crippen LogP contribution < -0.4 is 5.73 Å². The van der Waals surface area contributed by atoms with Crippen molar-refractivity contribution in [3.63, 3.8) is 0 Å². The van der Waals surface area contributed by atoms with E-state index < -0.39 is 50.9 Å². The average Bonchev–Trinajstić information content (AvgIpc) is 2.77. The highest BCUT2D eigenvalue weighted by Gasteiger charge is 2.55. The van der Waals surface area contributed by atoms with E-state index in [1.165, 1.54) is 35.9 Å². The lowest BCUT2D eigenvalue weighted by atomic mass is 9.99.